The first-order chi connectivity index (χ1) is 5.56. The number of rotatable bonds is 5. The molecular weight excluding hydrogens is 170 g/mol. The normalized spacial score (nSPS) is 13.1. The van der Waals surface area contributed by atoms with E-state index in [2.05, 4.69) is 31.8 Å². The van der Waals surface area contributed by atoms with Gasteiger partial charge in [0.1, 0.15) is 0 Å². The fourth-order valence-corrected chi connectivity index (χ4v) is 1.07. The van der Waals surface area contributed by atoms with Gasteiger partial charge in [-0.2, -0.15) is 12.6 Å². The predicted octanol–water partition coefficient (Wildman–Crippen LogP) is 1.86. The highest BCUT2D eigenvalue weighted by molar-refractivity contribution is 7.81. The third-order valence-electron chi connectivity index (χ3n) is 1.73. The van der Waals surface area contributed by atoms with Crippen molar-refractivity contribution in [3.05, 3.63) is 0 Å². The van der Waals surface area contributed by atoms with Gasteiger partial charge in [0.05, 0.1) is 5.75 Å². The van der Waals surface area contributed by atoms with Crippen molar-refractivity contribution in [3.8, 4) is 0 Å². The zero-order valence-electron chi connectivity index (χ0n) is 8.13. The summed E-state index contributed by atoms with van der Waals surface area (Å²) in [5.41, 5.74) is 0. The van der Waals surface area contributed by atoms with E-state index in [1.807, 2.05) is 6.92 Å². The molecule has 1 unspecified atom stereocenters. The van der Waals surface area contributed by atoms with Crippen LogP contribution in [0.15, 0.2) is 0 Å². The van der Waals surface area contributed by atoms with Gasteiger partial charge in [-0.25, -0.2) is 0 Å². The quantitative estimate of drug-likeness (QED) is 0.635. The Morgan fingerprint density at radius 3 is 2.33 bits per heavy atom. The monoisotopic (exact) mass is 189 g/mol. The Labute approximate surface area is 80.5 Å². The number of carbonyl (C=O) groups excluding carboxylic acids is 1. The van der Waals surface area contributed by atoms with Crippen LogP contribution in [0, 0.1) is 5.92 Å². The molecule has 0 aliphatic heterocycles. The zero-order chi connectivity index (χ0) is 9.56. The molecule has 1 amide bonds. The van der Waals surface area contributed by atoms with Crippen LogP contribution in [0.5, 0.6) is 0 Å². The van der Waals surface area contributed by atoms with Crippen molar-refractivity contribution < 1.29 is 4.79 Å². The van der Waals surface area contributed by atoms with E-state index >= 15 is 0 Å². The number of hydrogen-bond donors (Lipinski definition) is 2. The molecule has 0 heterocycles. The third kappa shape index (κ3) is 6.53. The van der Waals surface area contributed by atoms with Crippen molar-refractivity contribution in [3.63, 3.8) is 0 Å². The summed E-state index contributed by atoms with van der Waals surface area (Å²) in [6.07, 6.45) is 2.21. The molecule has 0 fully saturated rings. The standard InChI is InChI=1S/C9H19NOS/c1-7(2)4-5-8(3)10-9(11)6-12/h7-8,12H,4-6H2,1-3H3,(H,10,11). The number of thiol groups is 1. The van der Waals surface area contributed by atoms with Gasteiger partial charge in [-0.3, -0.25) is 4.79 Å². The fraction of sp³-hybridized carbons (Fsp3) is 0.889. The van der Waals surface area contributed by atoms with E-state index in [9.17, 15) is 4.79 Å². The zero-order valence-corrected chi connectivity index (χ0v) is 9.03. The average Bonchev–Trinajstić information content (AvgIpc) is 2.00. The molecule has 1 N–H and O–H groups in total. The Balaban J connectivity index is 3.45. The van der Waals surface area contributed by atoms with Crippen molar-refractivity contribution >= 4 is 18.5 Å². The maximum absolute atomic E-state index is 10.9. The summed E-state index contributed by atoms with van der Waals surface area (Å²) in [6.45, 7) is 6.41. The van der Waals surface area contributed by atoms with Crippen LogP contribution >= 0.6 is 12.6 Å². The second-order valence-electron chi connectivity index (χ2n) is 3.60. The van der Waals surface area contributed by atoms with Crippen LogP contribution in [0.3, 0.4) is 0 Å². The lowest BCUT2D eigenvalue weighted by Crippen LogP contribution is -2.33. The van der Waals surface area contributed by atoms with E-state index in [4.69, 9.17) is 0 Å². The van der Waals surface area contributed by atoms with Gasteiger partial charge in [-0.15, -0.1) is 0 Å². The van der Waals surface area contributed by atoms with Gasteiger partial charge < -0.3 is 5.32 Å². The number of carbonyl (C=O) groups is 1. The van der Waals surface area contributed by atoms with Crippen molar-refractivity contribution in [1.82, 2.24) is 5.32 Å². The molecular formula is C9H19NOS. The van der Waals surface area contributed by atoms with Crippen molar-refractivity contribution in [2.24, 2.45) is 5.92 Å². The largest absolute Gasteiger partial charge is 0.353 e. The summed E-state index contributed by atoms with van der Waals surface area (Å²) in [6, 6.07) is 0.284. The van der Waals surface area contributed by atoms with Gasteiger partial charge >= 0.3 is 0 Å². The molecule has 0 bridgehead atoms. The summed E-state index contributed by atoms with van der Waals surface area (Å²) in [4.78, 5) is 10.9. The SMILES string of the molecule is CC(C)CCC(C)NC(=O)CS. The molecule has 1 atom stereocenters. The second kappa shape index (κ2) is 6.35. The Morgan fingerprint density at radius 2 is 1.92 bits per heavy atom. The van der Waals surface area contributed by atoms with Crippen molar-refractivity contribution in [2.45, 2.75) is 39.7 Å². The maximum Gasteiger partial charge on any atom is 0.229 e. The van der Waals surface area contributed by atoms with Gasteiger partial charge in [-0.05, 0) is 25.7 Å². The molecule has 72 valence electrons. The lowest BCUT2D eigenvalue weighted by Gasteiger charge is -2.13. The Morgan fingerprint density at radius 1 is 1.33 bits per heavy atom. The van der Waals surface area contributed by atoms with Gasteiger partial charge in [0.25, 0.3) is 0 Å². The average molecular weight is 189 g/mol. The van der Waals surface area contributed by atoms with Crippen LogP contribution in [0.1, 0.15) is 33.6 Å². The van der Waals surface area contributed by atoms with Gasteiger partial charge in [0.15, 0.2) is 0 Å². The van der Waals surface area contributed by atoms with Crippen molar-refractivity contribution in [1.29, 1.82) is 0 Å². The topological polar surface area (TPSA) is 29.1 Å². The van der Waals surface area contributed by atoms with E-state index in [1.54, 1.807) is 0 Å². The minimum Gasteiger partial charge on any atom is -0.353 e. The van der Waals surface area contributed by atoms with Crippen LogP contribution in [0.2, 0.25) is 0 Å². The molecule has 0 rings (SSSR count). The van der Waals surface area contributed by atoms with Gasteiger partial charge in [0, 0.05) is 6.04 Å². The highest BCUT2D eigenvalue weighted by Gasteiger charge is 2.05. The molecule has 0 aliphatic carbocycles. The molecule has 0 saturated carbocycles. The predicted molar refractivity (Wildman–Crippen MR) is 55.5 cm³/mol. The van der Waals surface area contributed by atoms with E-state index in [1.165, 1.54) is 0 Å². The summed E-state index contributed by atoms with van der Waals surface area (Å²) in [7, 11) is 0. The summed E-state index contributed by atoms with van der Waals surface area (Å²) < 4.78 is 0. The van der Waals surface area contributed by atoms with Gasteiger partial charge in [-0.1, -0.05) is 13.8 Å². The van der Waals surface area contributed by atoms with E-state index in [0.717, 1.165) is 12.8 Å². The smallest absolute Gasteiger partial charge is 0.229 e. The van der Waals surface area contributed by atoms with Crippen LogP contribution in [-0.2, 0) is 4.79 Å². The van der Waals surface area contributed by atoms with E-state index in [-0.39, 0.29) is 17.7 Å². The minimum atomic E-state index is 0.0228. The van der Waals surface area contributed by atoms with Crippen molar-refractivity contribution in [2.75, 3.05) is 5.75 Å². The molecule has 0 aromatic rings. The molecule has 0 radical (unpaired) electrons. The van der Waals surface area contributed by atoms with Crippen LogP contribution < -0.4 is 5.32 Å². The number of amides is 1. The number of hydrogen-bond acceptors (Lipinski definition) is 2. The molecule has 0 saturated heterocycles. The highest BCUT2D eigenvalue weighted by atomic mass is 32.1. The molecule has 3 heteroatoms. The molecule has 0 aliphatic rings. The second-order valence-corrected chi connectivity index (χ2v) is 3.91. The van der Waals surface area contributed by atoms with E-state index < -0.39 is 0 Å². The first-order valence-electron chi connectivity index (χ1n) is 4.46. The summed E-state index contributed by atoms with van der Waals surface area (Å²) in [5.74, 6) is 1.02. The summed E-state index contributed by atoms with van der Waals surface area (Å²) >= 11 is 3.89. The van der Waals surface area contributed by atoms with E-state index in [0.29, 0.717) is 5.92 Å². The first-order valence-corrected chi connectivity index (χ1v) is 5.09. The number of nitrogens with one attached hydrogen (secondary N) is 1. The highest BCUT2D eigenvalue weighted by Crippen LogP contribution is 2.06. The summed E-state index contributed by atoms with van der Waals surface area (Å²) in [5, 5.41) is 2.87. The molecule has 2 nitrogen and oxygen atoms in total. The van der Waals surface area contributed by atoms with Gasteiger partial charge in [0.2, 0.25) is 5.91 Å². The van der Waals surface area contributed by atoms with Crippen LogP contribution in [0.4, 0.5) is 0 Å². The molecule has 12 heavy (non-hydrogen) atoms. The Bertz CT molecular complexity index is 136. The lowest BCUT2D eigenvalue weighted by molar-refractivity contribution is -0.119. The molecule has 0 aromatic carbocycles. The first kappa shape index (κ1) is 11.8. The third-order valence-corrected chi connectivity index (χ3v) is 2.02. The Kier molecular flexibility index (Phi) is 6.25. The molecule has 0 spiro atoms. The lowest BCUT2D eigenvalue weighted by atomic mass is 10.0. The van der Waals surface area contributed by atoms with Crippen LogP contribution in [-0.4, -0.2) is 17.7 Å². The fourth-order valence-electron chi connectivity index (χ4n) is 0.976. The minimum absolute atomic E-state index is 0.0228. The maximum atomic E-state index is 10.9. The Hall–Kier alpha value is -0.180. The molecule has 0 aromatic heterocycles. The van der Waals surface area contributed by atoms with Crippen LogP contribution in [0.25, 0.3) is 0 Å².